The fraction of sp³-hybridized carbons (Fsp3) is 0.370. The number of hydrogen-bond donors (Lipinski definition) is 1. The highest BCUT2D eigenvalue weighted by Crippen LogP contribution is 2.32. The molecule has 0 aliphatic heterocycles. The van der Waals surface area contributed by atoms with Crippen molar-refractivity contribution in [1.29, 1.82) is 0 Å². The van der Waals surface area contributed by atoms with E-state index in [9.17, 15) is 18.0 Å². The Balaban J connectivity index is 1.91. The third kappa shape index (κ3) is 7.76. The van der Waals surface area contributed by atoms with Gasteiger partial charge in [-0.3, -0.25) is 4.57 Å². The van der Waals surface area contributed by atoms with Crippen LogP contribution < -0.4 is 9.46 Å². The summed E-state index contributed by atoms with van der Waals surface area (Å²) in [4.78, 5) is 28.6. The second-order valence-corrected chi connectivity index (χ2v) is 10.8. The number of hydrogen-bond acceptors (Lipinski definition) is 9. The van der Waals surface area contributed by atoms with Crippen LogP contribution in [0.5, 0.6) is 5.88 Å². The fourth-order valence-electron chi connectivity index (χ4n) is 3.79. The molecule has 0 radical (unpaired) electrons. The Labute approximate surface area is 233 Å². The van der Waals surface area contributed by atoms with Crippen LogP contribution in [0.3, 0.4) is 0 Å². The molecule has 0 unspecified atom stereocenters. The molecule has 0 bridgehead atoms. The van der Waals surface area contributed by atoms with E-state index in [-0.39, 0.29) is 18.1 Å². The zero-order valence-electron chi connectivity index (χ0n) is 22.4. The van der Waals surface area contributed by atoms with Crippen LogP contribution in [0.2, 0.25) is 0 Å². The average Bonchev–Trinajstić information content (AvgIpc) is 3.23. The molecule has 0 saturated heterocycles. The number of carbonyl (C=O) groups is 2. The molecule has 39 heavy (non-hydrogen) atoms. The molecule has 3 rings (SSSR count). The first-order chi connectivity index (χ1) is 18.7. The van der Waals surface area contributed by atoms with Crippen molar-refractivity contribution in [3.8, 4) is 17.0 Å². The predicted octanol–water partition coefficient (Wildman–Crippen LogP) is 5.63. The summed E-state index contributed by atoms with van der Waals surface area (Å²) in [5.41, 5.74) is 1.97. The Hall–Kier alpha value is -3.51. The summed E-state index contributed by atoms with van der Waals surface area (Å²) in [7, 11) is -4.16. The largest absolute Gasteiger partial charge is 0.515 e. The van der Waals surface area contributed by atoms with E-state index >= 15 is 0 Å². The average molecular weight is 576 g/mol. The van der Waals surface area contributed by atoms with Crippen LogP contribution in [0, 0.1) is 0 Å². The quantitative estimate of drug-likeness (QED) is 0.216. The second kappa shape index (κ2) is 14.0. The Morgan fingerprint density at radius 3 is 2.36 bits per heavy atom. The second-order valence-electron chi connectivity index (χ2n) is 8.40. The van der Waals surface area contributed by atoms with Gasteiger partial charge in [-0.2, -0.15) is 0 Å². The molecule has 2 aromatic carbocycles. The van der Waals surface area contributed by atoms with Gasteiger partial charge in [-0.05, 0) is 43.2 Å². The van der Waals surface area contributed by atoms with Gasteiger partial charge in [0.15, 0.2) is 5.03 Å². The van der Waals surface area contributed by atoms with E-state index in [2.05, 4.69) is 4.98 Å². The number of carbonyl (C=O) groups excluding carboxylic acids is 2. The van der Waals surface area contributed by atoms with Crippen molar-refractivity contribution in [2.45, 2.75) is 56.5 Å². The van der Waals surface area contributed by atoms with Crippen molar-refractivity contribution in [3.05, 3.63) is 59.9 Å². The number of aromatic nitrogens is 2. The standard InChI is InChI=1S/C27H33N3O7S2/c1-5-10-23-28-24(38-4)25(37-27(32)35-7-3)30(23)18-19-13-15-20(16-14-19)21-11-8-9-12-22(21)39(33,34)29-26(31)36-17-6-2/h8-9,11-16H,5-7,10,17-18H2,1-4H3,(H,29,31). The number of rotatable bonds is 12. The highest BCUT2D eigenvalue weighted by molar-refractivity contribution is 7.98. The minimum absolute atomic E-state index is 0.0409. The molecule has 1 amide bonds. The number of benzene rings is 2. The van der Waals surface area contributed by atoms with Crippen LogP contribution >= 0.6 is 11.8 Å². The van der Waals surface area contributed by atoms with Crippen LogP contribution in [0.4, 0.5) is 9.59 Å². The molecule has 0 atom stereocenters. The van der Waals surface area contributed by atoms with Crippen LogP contribution in [0.25, 0.3) is 11.1 Å². The number of nitrogens with zero attached hydrogens (tertiary/aromatic N) is 2. The summed E-state index contributed by atoms with van der Waals surface area (Å²) in [6.07, 6.45) is 2.17. The van der Waals surface area contributed by atoms with Gasteiger partial charge < -0.3 is 14.2 Å². The molecule has 0 saturated carbocycles. The maximum absolute atomic E-state index is 12.9. The summed E-state index contributed by atoms with van der Waals surface area (Å²) in [6.45, 7) is 6.25. The number of sulfonamides is 1. The van der Waals surface area contributed by atoms with Gasteiger partial charge in [0.1, 0.15) is 5.82 Å². The predicted molar refractivity (Wildman–Crippen MR) is 149 cm³/mol. The van der Waals surface area contributed by atoms with Gasteiger partial charge in [0, 0.05) is 12.0 Å². The topological polar surface area (TPSA) is 126 Å². The first-order valence-electron chi connectivity index (χ1n) is 12.6. The molecule has 0 aliphatic rings. The minimum atomic E-state index is -4.16. The Bertz CT molecular complexity index is 1390. The number of ether oxygens (including phenoxy) is 3. The van der Waals surface area contributed by atoms with Crippen LogP contribution in [-0.4, -0.2) is 49.7 Å². The maximum atomic E-state index is 12.9. The van der Waals surface area contributed by atoms with Crippen molar-refractivity contribution in [2.75, 3.05) is 19.5 Å². The summed E-state index contributed by atoms with van der Waals surface area (Å²) in [5, 5.41) is 0.590. The SMILES string of the molecule is CCCOC(=O)NS(=O)(=O)c1ccccc1-c1ccc(Cn2c(CCC)nc(SC)c2OC(=O)OCC)cc1. The van der Waals surface area contributed by atoms with Gasteiger partial charge in [-0.25, -0.2) is 27.7 Å². The fourth-order valence-corrected chi connectivity index (χ4v) is 5.44. The van der Waals surface area contributed by atoms with E-state index in [1.54, 1.807) is 37.3 Å². The van der Waals surface area contributed by atoms with E-state index in [1.165, 1.54) is 17.8 Å². The number of aryl methyl sites for hydroxylation is 1. The number of nitrogens with one attached hydrogen (secondary N) is 1. The molecule has 10 nitrogen and oxygen atoms in total. The van der Waals surface area contributed by atoms with E-state index in [0.717, 1.165) is 17.8 Å². The first-order valence-corrected chi connectivity index (χ1v) is 15.3. The minimum Gasteiger partial charge on any atom is -0.449 e. The highest BCUT2D eigenvalue weighted by atomic mass is 32.2. The monoisotopic (exact) mass is 575 g/mol. The van der Waals surface area contributed by atoms with E-state index in [0.29, 0.717) is 41.4 Å². The van der Waals surface area contributed by atoms with Gasteiger partial charge in [-0.1, -0.05) is 56.3 Å². The molecule has 0 aliphatic carbocycles. The van der Waals surface area contributed by atoms with Crippen molar-refractivity contribution in [1.82, 2.24) is 14.3 Å². The molecule has 1 aromatic heterocycles. The van der Waals surface area contributed by atoms with E-state index in [4.69, 9.17) is 14.2 Å². The van der Waals surface area contributed by atoms with Crippen molar-refractivity contribution < 1.29 is 32.2 Å². The van der Waals surface area contributed by atoms with Gasteiger partial charge in [-0.15, -0.1) is 11.8 Å². The highest BCUT2D eigenvalue weighted by Gasteiger charge is 2.23. The number of thioether (sulfide) groups is 1. The molecule has 0 spiro atoms. The lowest BCUT2D eigenvalue weighted by Gasteiger charge is -2.14. The molecule has 0 fully saturated rings. The Kier molecular flexibility index (Phi) is 10.8. The molecule has 1 N–H and O–H groups in total. The maximum Gasteiger partial charge on any atom is 0.515 e. The van der Waals surface area contributed by atoms with E-state index in [1.807, 2.05) is 41.5 Å². The number of amides is 1. The summed E-state index contributed by atoms with van der Waals surface area (Å²) < 4.78 is 45.0. The van der Waals surface area contributed by atoms with Crippen molar-refractivity contribution >= 4 is 34.0 Å². The Morgan fingerprint density at radius 1 is 1.00 bits per heavy atom. The molecule has 210 valence electrons. The number of imidazole rings is 1. The lowest BCUT2D eigenvalue weighted by Crippen LogP contribution is -2.31. The van der Waals surface area contributed by atoms with Crippen molar-refractivity contribution in [3.63, 3.8) is 0 Å². The van der Waals surface area contributed by atoms with Crippen LogP contribution in [0.15, 0.2) is 58.5 Å². The molecule has 12 heteroatoms. The van der Waals surface area contributed by atoms with Gasteiger partial charge in [0.05, 0.1) is 24.7 Å². The third-order valence-corrected chi connectivity index (χ3v) is 7.54. The summed E-state index contributed by atoms with van der Waals surface area (Å²) in [6, 6.07) is 13.8. The zero-order valence-corrected chi connectivity index (χ0v) is 24.1. The van der Waals surface area contributed by atoms with E-state index < -0.39 is 22.3 Å². The summed E-state index contributed by atoms with van der Waals surface area (Å²) >= 11 is 1.38. The first kappa shape index (κ1) is 30.0. The van der Waals surface area contributed by atoms with Crippen molar-refractivity contribution in [2.24, 2.45) is 0 Å². The molecule has 1 heterocycles. The lowest BCUT2D eigenvalue weighted by molar-refractivity contribution is 0.0998. The third-order valence-electron chi connectivity index (χ3n) is 5.52. The Morgan fingerprint density at radius 2 is 1.72 bits per heavy atom. The van der Waals surface area contributed by atoms with Crippen LogP contribution in [-0.2, 0) is 32.5 Å². The molecular weight excluding hydrogens is 542 g/mol. The molecule has 3 aromatic rings. The summed E-state index contributed by atoms with van der Waals surface area (Å²) in [5.74, 6) is 1.11. The molecular formula is C27H33N3O7S2. The lowest BCUT2D eigenvalue weighted by atomic mass is 10.0. The zero-order chi connectivity index (χ0) is 28.4. The van der Waals surface area contributed by atoms with Gasteiger partial charge >= 0.3 is 12.2 Å². The van der Waals surface area contributed by atoms with Gasteiger partial charge in [0.2, 0.25) is 5.88 Å². The smallest absolute Gasteiger partial charge is 0.449 e. The normalized spacial score (nSPS) is 11.2. The van der Waals surface area contributed by atoms with Gasteiger partial charge in [0.25, 0.3) is 10.0 Å². The van der Waals surface area contributed by atoms with Crippen LogP contribution in [0.1, 0.15) is 45.0 Å².